The van der Waals surface area contributed by atoms with Crippen molar-refractivity contribution in [2.24, 2.45) is 0 Å². The van der Waals surface area contributed by atoms with E-state index in [1.807, 2.05) is 6.92 Å². The minimum Gasteiger partial charge on any atom is -0.428 e. The van der Waals surface area contributed by atoms with E-state index in [0.29, 0.717) is 0 Å². The van der Waals surface area contributed by atoms with Crippen molar-refractivity contribution < 1.29 is 4.42 Å². The van der Waals surface area contributed by atoms with Gasteiger partial charge in [0.2, 0.25) is 0 Å². The largest absolute Gasteiger partial charge is 0.428 e. The van der Waals surface area contributed by atoms with E-state index in [9.17, 15) is 0 Å². The fourth-order valence-electron chi connectivity index (χ4n) is 2.16. The van der Waals surface area contributed by atoms with Crippen LogP contribution in [0.3, 0.4) is 0 Å². The highest BCUT2D eigenvalue weighted by atomic mass is 16.4. The van der Waals surface area contributed by atoms with Crippen LogP contribution in [0.15, 0.2) is 22.6 Å². The summed E-state index contributed by atoms with van der Waals surface area (Å²) < 4.78 is 5.47. The molecule has 1 heterocycles. The van der Waals surface area contributed by atoms with Crippen LogP contribution in [0, 0.1) is 6.92 Å². The zero-order chi connectivity index (χ0) is 14.2. The van der Waals surface area contributed by atoms with E-state index < -0.39 is 0 Å². The molecule has 3 nitrogen and oxygen atoms in total. The van der Waals surface area contributed by atoms with Crippen LogP contribution >= 0.6 is 0 Å². The SMILES string of the molecule is CCc1oc(N)nc1-c1cc(C(C)(C)C)ccc1C. The van der Waals surface area contributed by atoms with Gasteiger partial charge in [0.25, 0.3) is 6.01 Å². The third-order valence-electron chi connectivity index (χ3n) is 3.39. The first kappa shape index (κ1) is 13.7. The molecule has 0 bridgehead atoms. The van der Waals surface area contributed by atoms with Gasteiger partial charge >= 0.3 is 0 Å². The van der Waals surface area contributed by atoms with Crippen LogP contribution in [0.5, 0.6) is 0 Å². The average Bonchev–Trinajstić information content (AvgIpc) is 2.69. The molecule has 0 amide bonds. The zero-order valence-electron chi connectivity index (χ0n) is 12.4. The maximum absolute atomic E-state index is 5.69. The number of hydrogen-bond donors (Lipinski definition) is 1. The van der Waals surface area contributed by atoms with Gasteiger partial charge in [-0.25, -0.2) is 0 Å². The van der Waals surface area contributed by atoms with E-state index in [1.54, 1.807) is 0 Å². The fourth-order valence-corrected chi connectivity index (χ4v) is 2.16. The molecule has 2 aromatic rings. The van der Waals surface area contributed by atoms with Gasteiger partial charge in [0.1, 0.15) is 11.5 Å². The van der Waals surface area contributed by atoms with Crippen molar-refractivity contribution in [3.05, 3.63) is 35.1 Å². The third kappa shape index (κ3) is 2.65. The fraction of sp³-hybridized carbons (Fsp3) is 0.438. The average molecular weight is 258 g/mol. The lowest BCUT2D eigenvalue weighted by Gasteiger charge is -2.20. The molecule has 2 N–H and O–H groups in total. The Hall–Kier alpha value is -1.77. The molecule has 0 fully saturated rings. The molecular formula is C16H22N2O. The molecule has 102 valence electrons. The summed E-state index contributed by atoms with van der Waals surface area (Å²) in [5.41, 5.74) is 10.3. The van der Waals surface area contributed by atoms with Gasteiger partial charge in [0, 0.05) is 12.0 Å². The first-order chi connectivity index (χ1) is 8.82. The van der Waals surface area contributed by atoms with Gasteiger partial charge in [0.05, 0.1) is 0 Å². The van der Waals surface area contributed by atoms with Crippen LogP contribution in [0.1, 0.15) is 44.6 Å². The zero-order valence-corrected chi connectivity index (χ0v) is 12.4. The number of benzene rings is 1. The summed E-state index contributed by atoms with van der Waals surface area (Å²) in [6.45, 7) is 10.8. The monoisotopic (exact) mass is 258 g/mol. The van der Waals surface area contributed by atoms with E-state index in [-0.39, 0.29) is 11.4 Å². The van der Waals surface area contributed by atoms with Crippen LogP contribution in [0.25, 0.3) is 11.3 Å². The van der Waals surface area contributed by atoms with Crippen molar-refractivity contribution >= 4 is 6.01 Å². The molecule has 0 spiro atoms. The second-order valence-electron chi connectivity index (χ2n) is 5.96. The topological polar surface area (TPSA) is 52.0 Å². The van der Waals surface area contributed by atoms with Gasteiger partial charge < -0.3 is 10.2 Å². The first-order valence-corrected chi connectivity index (χ1v) is 6.69. The highest BCUT2D eigenvalue weighted by Crippen LogP contribution is 2.32. The van der Waals surface area contributed by atoms with Gasteiger partial charge in [-0.15, -0.1) is 0 Å². The summed E-state index contributed by atoms with van der Waals surface area (Å²) in [7, 11) is 0. The van der Waals surface area contributed by atoms with Crippen molar-refractivity contribution in [1.82, 2.24) is 4.98 Å². The molecule has 0 radical (unpaired) electrons. The lowest BCUT2D eigenvalue weighted by atomic mass is 9.85. The van der Waals surface area contributed by atoms with E-state index in [1.165, 1.54) is 11.1 Å². The quantitative estimate of drug-likeness (QED) is 0.882. The summed E-state index contributed by atoms with van der Waals surface area (Å²) in [5, 5.41) is 0. The standard InChI is InChI=1S/C16H22N2O/c1-6-13-14(18-15(17)19-13)12-9-11(16(3,4)5)8-7-10(12)2/h7-9H,6H2,1-5H3,(H2,17,18). The summed E-state index contributed by atoms with van der Waals surface area (Å²) in [6, 6.07) is 6.76. The maximum Gasteiger partial charge on any atom is 0.292 e. The predicted molar refractivity (Wildman–Crippen MR) is 79.2 cm³/mol. The molecule has 0 atom stereocenters. The Kier molecular flexibility index (Phi) is 3.40. The molecule has 2 rings (SSSR count). The van der Waals surface area contributed by atoms with Gasteiger partial charge in [-0.3, -0.25) is 0 Å². The Morgan fingerprint density at radius 1 is 1.26 bits per heavy atom. The molecule has 0 aliphatic carbocycles. The van der Waals surface area contributed by atoms with Crippen LogP contribution in [-0.2, 0) is 11.8 Å². The van der Waals surface area contributed by atoms with E-state index in [4.69, 9.17) is 10.2 Å². The lowest BCUT2D eigenvalue weighted by Crippen LogP contribution is -2.11. The van der Waals surface area contributed by atoms with Crippen LogP contribution in [0.4, 0.5) is 6.01 Å². The van der Waals surface area contributed by atoms with Crippen LogP contribution in [-0.4, -0.2) is 4.98 Å². The predicted octanol–water partition coefficient (Wildman–Crippen LogP) is 4.09. The summed E-state index contributed by atoms with van der Waals surface area (Å²) in [6.07, 6.45) is 0.790. The number of nitrogens with zero attached hydrogens (tertiary/aromatic N) is 1. The number of nitrogen functional groups attached to an aromatic ring is 1. The van der Waals surface area contributed by atoms with Crippen molar-refractivity contribution in [3.63, 3.8) is 0 Å². The highest BCUT2D eigenvalue weighted by molar-refractivity contribution is 5.67. The highest BCUT2D eigenvalue weighted by Gasteiger charge is 2.18. The normalized spacial score (nSPS) is 11.8. The minimum absolute atomic E-state index is 0.115. The molecule has 19 heavy (non-hydrogen) atoms. The molecule has 1 aromatic carbocycles. The van der Waals surface area contributed by atoms with Crippen molar-refractivity contribution in [2.45, 2.75) is 46.5 Å². The molecular weight excluding hydrogens is 236 g/mol. The Morgan fingerprint density at radius 3 is 2.53 bits per heavy atom. The van der Waals surface area contributed by atoms with Gasteiger partial charge in [-0.1, -0.05) is 39.8 Å². The summed E-state index contributed by atoms with van der Waals surface area (Å²) in [5.74, 6) is 0.853. The Morgan fingerprint density at radius 2 is 1.95 bits per heavy atom. The first-order valence-electron chi connectivity index (χ1n) is 6.69. The summed E-state index contributed by atoms with van der Waals surface area (Å²) >= 11 is 0. The lowest BCUT2D eigenvalue weighted by molar-refractivity contribution is 0.530. The minimum atomic E-state index is 0.115. The van der Waals surface area contributed by atoms with Gasteiger partial charge in [0.15, 0.2) is 0 Å². The third-order valence-corrected chi connectivity index (χ3v) is 3.39. The van der Waals surface area contributed by atoms with E-state index >= 15 is 0 Å². The van der Waals surface area contributed by atoms with E-state index in [2.05, 4.69) is 50.9 Å². The molecule has 3 heteroatoms. The smallest absolute Gasteiger partial charge is 0.292 e. The molecule has 1 aromatic heterocycles. The Bertz CT molecular complexity index is 591. The second-order valence-corrected chi connectivity index (χ2v) is 5.96. The van der Waals surface area contributed by atoms with Crippen molar-refractivity contribution in [2.75, 3.05) is 5.73 Å². The number of nitrogens with two attached hydrogens (primary N) is 1. The number of aromatic nitrogens is 1. The number of oxazole rings is 1. The number of anilines is 1. The summed E-state index contributed by atoms with van der Waals surface area (Å²) in [4.78, 5) is 4.35. The number of aryl methyl sites for hydroxylation is 2. The Labute approximate surface area is 114 Å². The maximum atomic E-state index is 5.69. The molecule has 0 unspecified atom stereocenters. The molecule has 0 aliphatic heterocycles. The molecule has 0 saturated heterocycles. The second kappa shape index (κ2) is 4.72. The van der Waals surface area contributed by atoms with Crippen LogP contribution in [0.2, 0.25) is 0 Å². The van der Waals surface area contributed by atoms with Crippen LogP contribution < -0.4 is 5.73 Å². The molecule has 0 aliphatic rings. The van der Waals surface area contributed by atoms with Crippen molar-refractivity contribution in [1.29, 1.82) is 0 Å². The Balaban J connectivity index is 2.61. The van der Waals surface area contributed by atoms with Crippen molar-refractivity contribution in [3.8, 4) is 11.3 Å². The number of hydrogen-bond acceptors (Lipinski definition) is 3. The number of rotatable bonds is 2. The van der Waals surface area contributed by atoms with Gasteiger partial charge in [-0.05, 0) is 29.5 Å². The molecule has 0 saturated carbocycles. The van der Waals surface area contributed by atoms with E-state index in [0.717, 1.165) is 23.4 Å². The van der Waals surface area contributed by atoms with Gasteiger partial charge in [-0.2, -0.15) is 4.98 Å².